The molecule has 7 atom stereocenters. The first-order valence-corrected chi connectivity index (χ1v) is 23.1. The molecule has 18 nitrogen and oxygen atoms in total. The Morgan fingerprint density at radius 2 is 1.28 bits per heavy atom. The Morgan fingerprint density at radius 1 is 0.676 bits per heavy atom. The summed E-state index contributed by atoms with van der Waals surface area (Å²) in [5, 5.41) is 18.7. The summed E-state index contributed by atoms with van der Waals surface area (Å²) in [6.07, 6.45) is 3.56. The highest BCUT2D eigenvalue weighted by atomic mass is 35.5. The van der Waals surface area contributed by atoms with Crippen LogP contribution in [0.25, 0.3) is 10.8 Å². The Hall–Kier alpha value is -6.92. The van der Waals surface area contributed by atoms with E-state index in [1.54, 1.807) is 42.5 Å². The number of hydrogen-bond acceptors (Lipinski definition) is 10. The second kappa shape index (κ2) is 25.3. The predicted octanol–water partition coefficient (Wildman–Crippen LogP) is 1.49. The standard InChI is InChI=1S/C49H61ClN10O8/c1-29(43(52)62)54-48(67)42-15-10-24-60(42)49(68)38(14-6-8-22-51)57-44(63)30(2)55-45(64)41(28-37-13-7-9-23-53-37)59-47(66)40(26-32-17-20-36(50)21-18-32)58-46(65)39(56-31(3)61)27-33-16-19-34-11-4-5-12-35(34)25-33/h4-5,7,9,11-13,16-21,23,25,29-30,38-42H,6,8,10,14-15,22,24,26-28,51H2,1-3H3,(H2,52,62)(H,54,67)(H,55,64)(H,56,61)(H,57,63)(H,58,65)(H,59,66)/t29-,30-,38+,39-,40-,41-,42+/m1/s1. The van der Waals surface area contributed by atoms with Crippen molar-refractivity contribution in [3.8, 4) is 0 Å². The van der Waals surface area contributed by atoms with Gasteiger partial charge in [-0.1, -0.05) is 72.3 Å². The van der Waals surface area contributed by atoms with Crippen molar-refractivity contribution in [1.29, 1.82) is 0 Å². The average Bonchev–Trinajstić information content (AvgIpc) is 3.81. The smallest absolute Gasteiger partial charge is 0.245 e. The summed E-state index contributed by atoms with van der Waals surface area (Å²) >= 11 is 6.17. The third-order valence-corrected chi connectivity index (χ3v) is 11.9. The van der Waals surface area contributed by atoms with Crippen LogP contribution in [0.2, 0.25) is 5.02 Å². The molecular weight excluding hydrogens is 892 g/mol. The second-order valence-corrected chi connectivity index (χ2v) is 17.5. The molecule has 19 heteroatoms. The van der Waals surface area contributed by atoms with Crippen molar-refractivity contribution < 1.29 is 38.4 Å². The summed E-state index contributed by atoms with van der Waals surface area (Å²) in [6, 6.07) is 17.3. The van der Waals surface area contributed by atoms with Gasteiger partial charge in [-0.3, -0.25) is 43.3 Å². The molecule has 1 fully saturated rings. The van der Waals surface area contributed by atoms with Crippen LogP contribution in [0.15, 0.2) is 91.1 Å². The van der Waals surface area contributed by atoms with E-state index < -0.39 is 89.6 Å². The Morgan fingerprint density at radius 3 is 1.93 bits per heavy atom. The van der Waals surface area contributed by atoms with E-state index in [9.17, 15) is 38.4 Å². The van der Waals surface area contributed by atoms with Crippen LogP contribution in [-0.4, -0.2) is 113 Å². The molecule has 1 aliphatic heterocycles. The Kier molecular flexibility index (Phi) is 19.4. The van der Waals surface area contributed by atoms with Crippen LogP contribution in [0.4, 0.5) is 0 Å². The number of nitrogens with two attached hydrogens (primary N) is 2. The number of rotatable bonds is 23. The Balaban J connectivity index is 1.34. The van der Waals surface area contributed by atoms with E-state index in [1.807, 2.05) is 42.5 Å². The molecule has 1 aromatic heterocycles. The molecule has 0 saturated carbocycles. The third kappa shape index (κ3) is 15.3. The Labute approximate surface area is 400 Å². The number of likely N-dealkylation sites (tertiary alicyclic amines) is 1. The van der Waals surface area contributed by atoms with Crippen LogP contribution in [0, 0.1) is 0 Å². The van der Waals surface area contributed by atoms with Gasteiger partial charge in [-0.25, -0.2) is 0 Å². The maximum Gasteiger partial charge on any atom is 0.245 e. The summed E-state index contributed by atoms with van der Waals surface area (Å²) in [5.41, 5.74) is 12.9. The quantitative estimate of drug-likeness (QED) is 0.0496. The maximum atomic E-state index is 14.4. The fourth-order valence-electron chi connectivity index (χ4n) is 7.91. The van der Waals surface area contributed by atoms with Crippen molar-refractivity contribution >= 4 is 69.6 Å². The number of benzene rings is 3. The second-order valence-electron chi connectivity index (χ2n) is 17.0. The van der Waals surface area contributed by atoms with Gasteiger partial charge in [0.2, 0.25) is 47.3 Å². The molecule has 5 rings (SSSR count). The summed E-state index contributed by atoms with van der Waals surface area (Å²) in [4.78, 5) is 114. The zero-order valence-corrected chi connectivity index (χ0v) is 39.2. The fourth-order valence-corrected chi connectivity index (χ4v) is 8.04. The lowest BCUT2D eigenvalue weighted by Gasteiger charge is -2.30. The third-order valence-electron chi connectivity index (χ3n) is 11.6. The summed E-state index contributed by atoms with van der Waals surface area (Å²) in [6.45, 7) is 4.74. The molecule has 0 radical (unpaired) electrons. The van der Waals surface area contributed by atoms with Gasteiger partial charge in [-0.2, -0.15) is 0 Å². The van der Waals surface area contributed by atoms with Gasteiger partial charge in [0, 0.05) is 49.6 Å². The van der Waals surface area contributed by atoms with Gasteiger partial charge in [0.05, 0.1) is 0 Å². The van der Waals surface area contributed by atoms with E-state index in [0.29, 0.717) is 48.5 Å². The topological polar surface area (TPSA) is 277 Å². The molecule has 0 bridgehead atoms. The highest BCUT2D eigenvalue weighted by Crippen LogP contribution is 2.21. The fraction of sp³-hybridized carbons (Fsp3) is 0.408. The highest BCUT2D eigenvalue weighted by molar-refractivity contribution is 6.30. The number of nitrogens with one attached hydrogen (secondary N) is 6. The first-order chi connectivity index (χ1) is 32.5. The molecule has 0 aliphatic carbocycles. The number of hydrogen-bond donors (Lipinski definition) is 8. The zero-order valence-electron chi connectivity index (χ0n) is 38.5. The first-order valence-electron chi connectivity index (χ1n) is 22.7. The van der Waals surface area contributed by atoms with Crippen molar-refractivity contribution in [3.05, 3.63) is 113 Å². The van der Waals surface area contributed by atoms with Gasteiger partial charge < -0.3 is 48.3 Å². The van der Waals surface area contributed by atoms with Crippen LogP contribution < -0.4 is 43.4 Å². The van der Waals surface area contributed by atoms with Crippen LogP contribution in [0.3, 0.4) is 0 Å². The van der Waals surface area contributed by atoms with E-state index in [4.69, 9.17) is 23.1 Å². The van der Waals surface area contributed by atoms with Gasteiger partial charge in [0.15, 0.2) is 0 Å². The summed E-state index contributed by atoms with van der Waals surface area (Å²) in [5.74, 6) is -5.10. The number of primary amides is 1. The average molecular weight is 954 g/mol. The molecular formula is C49H61ClN10O8. The highest BCUT2D eigenvalue weighted by Gasteiger charge is 2.39. The number of unbranched alkanes of at least 4 members (excludes halogenated alkanes) is 1. The number of aromatic nitrogens is 1. The molecule has 2 heterocycles. The lowest BCUT2D eigenvalue weighted by molar-refractivity contribution is -0.142. The number of amides is 8. The summed E-state index contributed by atoms with van der Waals surface area (Å²) < 4.78 is 0. The van der Waals surface area contributed by atoms with Gasteiger partial charge in [0.25, 0.3) is 0 Å². The number of fused-ring (bicyclic) bond motifs is 1. The van der Waals surface area contributed by atoms with Gasteiger partial charge in [0.1, 0.15) is 42.3 Å². The van der Waals surface area contributed by atoms with Crippen LogP contribution in [0.1, 0.15) is 69.7 Å². The lowest BCUT2D eigenvalue weighted by Crippen LogP contribution is -2.60. The van der Waals surface area contributed by atoms with Gasteiger partial charge in [-0.05, 0) is 98.7 Å². The van der Waals surface area contributed by atoms with E-state index in [2.05, 4.69) is 36.9 Å². The first kappa shape index (κ1) is 52.1. The van der Waals surface area contributed by atoms with Crippen LogP contribution in [-0.2, 0) is 57.6 Å². The normalized spacial score (nSPS) is 16.0. The molecule has 68 heavy (non-hydrogen) atoms. The Bertz CT molecular complexity index is 2420. The number of nitrogens with zero attached hydrogens (tertiary/aromatic N) is 2. The van der Waals surface area contributed by atoms with Crippen LogP contribution in [0.5, 0.6) is 0 Å². The minimum absolute atomic E-state index is 0.0302. The van der Waals surface area contributed by atoms with Gasteiger partial charge >= 0.3 is 0 Å². The number of pyridine rings is 1. The molecule has 1 aliphatic rings. The van der Waals surface area contributed by atoms with E-state index >= 15 is 0 Å². The molecule has 0 spiro atoms. The molecule has 0 unspecified atom stereocenters. The number of carbonyl (C=O) groups is 8. The molecule has 4 aromatic rings. The number of carbonyl (C=O) groups excluding carboxylic acids is 8. The molecule has 1 saturated heterocycles. The molecule has 8 amide bonds. The minimum Gasteiger partial charge on any atom is -0.368 e. The molecule has 362 valence electrons. The number of halogens is 1. The summed E-state index contributed by atoms with van der Waals surface area (Å²) in [7, 11) is 0. The van der Waals surface area contributed by atoms with Crippen molar-refractivity contribution in [3.63, 3.8) is 0 Å². The predicted molar refractivity (Wildman–Crippen MR) is 256 cm³/mol. The monoisotopic (exact) mass is 952 g/mol. The van der Waals surface area contributed by atoms with Crippen molar-refractivity contribution in [1.82, 2.24) is 41.8 Å². The minimum atomic E-state index is -1.32. The molecule has 3 aromatic carbocycles. The zero-order chi connectivity index (χ0) is 49.3. The maximum absolute atomic E-state index is 14.4. The van der Waals surface area contributed by atoms with Crippen molar-refractivity contribution in [2.24, 2.45) is 11.5 Å². The lowest BCUT2D eigenvalue weighted by atomic mass is 9.99. The van der Waals surface area contributed by atoms with E-state index in [0.717, 1.165) is 16.3 Å². The largest absolute Gasteiger partial charge is 0.368 e. The van der Waals surface area contributed by atoms with E-state index in [1.165, 1.54) is 31.9 Å². The van der Waals surface area contributed by atoms with Crippen molar-refractivity contribution in [2.75, 3.05) is 13.1 Å². The van der Waals surface area contributed by atoms with E-state index in [-0.39, 0.29) is 32.2 Å². The molecule has 10 N–H and O–H groups in total. The van der Waals surface area contributed by atoms with Crippen molar-refractivity contribution in [2.45, 2.75) is 114 Å². The van der Waals surface area contributed by atoms with Gasteiger partial charge in [-0.15, -0.1) is 0 Å². The van der Waals surface area contributed by atoms with Crippen LogP contribution >= 0.6 is 11.6 Å². The SMILES string of the molecule is CC(=O)N[C@H](Cc1ccc2ccccc2c1)C(=O)N[C@H](Cc1ccc(Cl)cc1)C(=O)N[C@H](Cc1ccccn1)C(=O)N[C@H](C)C(=O)N[C@@H](CCCCN)C(=O)N1CCC[C@H]1C(=O)N[C@H](C)C(N)=O.